The summed E-state index contributed by atoms with van der Waals surface area (Å²) in [5.74, 6) is -2.38. The molecule has 0 aromatic carbocycles. The molecule has 0 amide bonds. The molecule has 1 aromatic heterocycles. The second-order valence-electron chi connectivity index (χ2n) is 4.30. The van der Waals surface area contributed by atoms with Gasteiger partial charge in [-0.3, -0.25) is 14.3 Å². The van der Waals surface area contributed by atoms with Gasteiger partial charge in [-0.15, -0.1) is 0 Å². The van der Waals surface area contributed by atoms with Crippen molar-refractivity contribution in [1.29, 1.82) is 0 Å². The van der Waals surface area contributed by atoms with Crippen LogP contribution in [0.4, 0.5) is 4.39 Å². The van der Waals surface area contributed by atoms with E-state index >= 15 is 0 Å². The number of hydrogen-bond donors (Lipinski definition) is 3. The van der Waals surface area contributed by atoms with Crippen molar-refractivity contribution in [2.24, 2.45) is 0 Å². The Morgan fingerprint density at radius 3 is 2.89 bits per heavy atom. The van der Waals surface area contributed by atoms with Crippen molar-refractivity contribution >= 4 is 0 Å². The Hall–Kier alpha value is -1.51. The number of aromatic amines is 1. The summed E-state index contributed by atoms with van der Waals surface area (Å²) in [6, 6.07) is 0. The molecule has 1 aliphatic rings. The first kappa shape index (κ1) is 12.9. The molecule has 0 spiro atoms. The van der Waals surface area contributed by atoms with E-state index in [1.165, 1.54) is 13.1 Å². The largest absolute Gasteiger partial charge is 0.390 e. The van der Waals surface area contributed by atoms with Crippen molar-refractivity contribution in [2.45, 2.75) is 31.5 Å². The van der Waals surface area contributed by atoms with Gasteiger partial charge in [0.15, 0.2) is 6.23 Å². The maximum atomic E-state index is 13.7. The Kier molecular flexibility index (Phi) is 3.09. The van der Waals surface area contributed by atoms with Crippen LogP contribution in [0.5, 0.6) is 0 Å². The van der Waals surface area contributed by atoms with Crippen LogP contribution in [0.25, 0.3) is 0 Å². The molecule has 1 aromatic rings. The van der Waals surface area contributed by atoms with E-state index in [2.05, 4.69) is 0 Å². The second-order valence-corrected chi connectivity index (χ2v) is 4.30. The zero-order chi connectivity index (χ0) is 13.5. The second kappa shape index (κ2) is 4.30. The van der Waals surface area contributed by atoms with Crippen LogP contribution in [0.15, 0.2) is 15.8 Å². The maximum Gasteiger partial charge on any atom is 0.330 e. The summed E-state index contributed by atoms with van der Waals surface area (Å²) in [4.78, 5) is 24.8. The van der Waals surface area contributed by atoms with Crippen molar-refractivity contribution in [3.05, 3.63) is 32.6 Å². The van der Waals surface area contributed by atoms with Crippen LogP contribution in [0.1, 0.15) is 18.2 Å². The van der Waals surface area contributed by atoms with Gasteiger partial charge in [-0.05, 0) is 6.92 Å². The van der Waals surface area contributed by atoms with E-state index in [1.807, 2.05) is 4.98 Å². The van der Waals surface area contributed by atoms with E-state index in [0.29, 0.717) is 0 Å². The van der Waals surface area contributed by atoms with Gasteiger partial charge in [-0.25, -0.2) is 9.18 Å². The van der Waals surface area contributed by atoms with Gasteiger partial charge in [-0.2, -0.15) is 0 Å². The fourth-order valence-electron chi connectivity index (χ4n) is 1.88. The number of aliphatic hydroxyl groups excluding tert-OH is 2. The van der Waals surface area contributed by atoms with E-state index in [9.17, 15) is 19.1 Å². The molecule has 7 nitrogen and oxygen atoms in total. The number of halogens is 1. The lowest BCUT2D eigenvalue weighted by Crippen LogP contribution is -2.36. The van der Waals surface area contributed by atoms with Gasteiger partial charge in [0.25, 0.3) is 5.56 Å². The van der Waals surface area contributed by atoms with Gasteiger partial charge in [-0.1, -0.05) is 0 Å². The average molecular weight is 260 g/mol. The minimum atomic E-state index is -2.38. The number of nitrogens with one attached hydrogen (secondary N) is 1. The van der Waals surface area contributed by atoms with Crippen LogP contribution in [0.3, 0.4) is 0 Å². The monoisotopic (exact) mass is 260 g/mol. The van der Waals surface area contributed by atoms with E-state index in [-0.39, 0.29) is 5.56 Å². The molecule has 1 aliphatic heterocycles. The topological polar surface area (TPSA) is 105 Å². The van der Waals surface area contributed by atoms with Crippen molar-refractivity contribution in [3.8, 4) is 0 Å². The number of alkyl halides is 1. The summed E-state index contributed by atoms with van der Waals surface area (Å²) >= 11 is 0. The lowest BCUT2D eigenvalue weighted by atomic mass is 10.2. The molecule has 1 saturated heterocycles. The van der Waals surface area contributed by atoms with Crippen molar-refractivity contribution in [3.63, 3.8) is 0 Å². The molecule has 0 unspecified atom stereocenters. The summed E-state index contributed by atoms with van der Waals surface area (Å²) in [5.41, 5.74) is -1.14. The molecule has 18 heavy (non-hydrogen) atoms. The van der Waals surface area contributed by atoms with Crippen LogP contribution in [-0.2, 0) is 4.74 Å². The normalized spacial score (nSPS) is 31.8. The molecule has 0 bridgehead atoms. The minimum Gasteiger partial charge on any atom is -0.390 e. The molecule has 3 atom stereocenters. The first-order chi connectivity index (χ1) is 8.36. The summed E-state index contributed by atoms with van der Waals surface area (Å²) < 4.78 is 19.5. The highest BCUT2D eigenvalue weighted by molar-refractivity contribution is 5.02. The summed E-state index contributed by atoms with van der Waals surface area (Å²) in [7, 11) is 0. The molecule has 3 N–H and O–H groups in total. The van der Waals surface area contributed by atoms with Crippen LogP contribution < -0.4 is 11.2 Å². The standard InChI is InChI=1S/C10H13FN2O5/c1-5-3-13(9(17)12-7(5)16)8-6(15)2-10(11,4-14)18-8/h3,6,8,14-15H,2,4H2,1H3,(H,12,16,17)/t6-,8-,10+/m1/s1. The van der Waals surface area contributed by atoms with Gasteiger partial charge in [0.2, 0.25) is 5.85 Å². The molecule has 0 radical (unpaired) electrons. The van der Waals surface area contributed by atoms with Crippen molar-refractivity contribution in [1.82, 2.24) is 9.55 Å². The molecule has 2 rings (SSSR count). The average Bonchev–Trinajstić information content (AvgIpc) is 2.60. The quantitative estimate of drug-likeness (QED) is 0.618. The van der Waals surface area contributed by atoms with E-state index < -0.39 is 42.5 Å². The zero-order valence-corrected chi connectivity index (χ0v) is 9.59. The number of aryl methyl sites for hydroxylation is 1. The van der Waals surface area contributed by atoms with Gasteiger partial charge in [0.1, 0.15) is 12.7 Å². The van der Waals surface area contributed by atoms with Crippen LogP contribution >= 0.6 is 0 Å². The number of H-pyrrole nitrogens is 1. The lowest BCUT2D eigenvalue weighted by Gasteiger charge is -2.19. The third-order valence-electron chi connectivity index (χ3n) is 2.83. The number of nitrogens with zero attached hydrogens (tertiary/aromatic N) is 1. The van der Waals surface area contributed by atoms with Gasteiger partial charge >= 0.3 is 5.69 Å². The Labute approximate surface area is 100 Å². The molecular formula is C10H13FN2O5. The SMILES string of the molecule is Cc1cn([C@@H]2O[C@](F)(CO)C[C@H]2O)c(=O)[nH]c1=O. The number of rotatable bonds is 2. The zero-order valence-electron chi connectivity index (χ0n) is 9.59. The Bertz CT molecular complexity index is 568. The predicted octanol–water partition coefficient (Wildman–Crippen LogP) is -1.22. The highest BCUT2D eigenvalue weighted by Gasteiger charge is 2.47. The molecule has 0 aliphatic carbocycles. The number of hydrogen-bond acceptors (Lipinski definition) is 5. The molecule has 2 heterocycles. The first-order valence-electron chi connectivity index (χ1n) is 5.34. The minimum absolute atomic E-state index is 0.228. The Balaban J connectivity index is 2.42. The van der Waals surface area contributed by atoms with Crippen LogP contribution in [0, 0.1) is 6.92 Å². The van der Waals surface area contributed by atoms with Gasteiger partial charge in [0, 0.05) is 18.2 Å². The fourth-order valence-corrected chi connectivity index (χ4v) is 1.88. The lowest BCUT2D eigenvalue weighted by molar-refractivity contribution is -0.180. The Morgan fingerprint density at radius 1 is 1.67 bits per heavy atom. The van der Waals surface area contributed by atoms with Gasteiger partial charge < -0.3 is 14.9 Å². The van der Waals surface area contributed by atoms with Crippen molar-refractivity contribution in [2.75, 3.05) is 6.61 Å². The molecular weight excluding hydrogens is 247 g/mol. The highest BCUT2D eigenvalue weighted by Crippen LogP contribution is 2.36. The van der Waals surface area contributed by atoms with Crippen LogP contribution in [0.2, 0.25) is 0 Å². The smallest absolute Gasteiger partial charge is 0.330 e. The Morgan fingerprint density at radius 2 is 2.33 bits per heavy atom. The third-order valence-corrected chi connectivity index (χ3v) is 2.83. The molecule has 8 heteroatoms. The summed E-state index contributed by atoms with van der Waals surface area (Å²) in [6.45, 7) is 0.544. The van der Waals surface area contributed by atoms with E-state index in [1.54, 1.807) is 0 Å². The fraction of sp³-hybridized carbons (Fsp3) is 0.600. The van der Waals surface area contributed by atoms with Gasteiger partial charge in [0.05, 0.1) is 0 Å². The summed E-state index contributed by atoms with van der Waals surface area (Å²) in [5, 5.41) is 18.5. The molecule has 0 saturated carbocycles. The predicted molar refractivity (Wildman–Crippen MR) is 57.7 cm³/mol. The number of aromatic nitrogens is 2. The first-order valence-corrected chi connectivity index (χ1v) is 5.34. The number of aliphatic hydroxyl groups is 2. The van der Waals surface area contributed by atoms with Crippen molar-refractivity contribution < 1.29 is 19.3 Å². The third kappa shape index (κ3) is 2.09. The maximum absolute atomic E-state index is 13.7. The van der Waals surface area contributed by atoms with E-state index in [0.717, 1.165) is 4.57 Å². The molecule has 100 valence electrons. The van der Waals surface area contributed by atoms with E-state index in [4.69, 9.17) is 9.84 Å². The van der Waals surface area contributed by atoms with Crippen LogP contribution in [-0.4, -0.2) is 38.3 Å². The highest BCUT2D eigenvalue weighted by atomic mass is 19.2. The number of ether oxygens (including phenoxy) is 1. The summed E-state index contributed by atoms with van der Waals surface area (Å²) in [6.07, 6.45) is -1.83. The molecule has 1 fully saturated rings.